The Morgan fingerprint density at radius 2 is 1.35 bits per heavy atom. The average molecular weight is 244 g/mol. The maximum Gasteiger partial charge on any atom is 0.164 e. The highest BCUT2D eigenvalue weighted by Gasteiger charge is 2.47. The first-order valence-corrected chi connectivity index (χ1v) is 6.33. The van der Waals surface area contributed by atoms with Gasteiger partial charge in [0.25, 0.3) is 0 Å². The van der Waals surface area contributed by atoms with Crippen LogP contribution >= 0.6 is 0 Å². The van der Waals surface area contributed by atoms with Crippen LogP contribution in [0.15, 0.2) is 0 Å². The highest BCUT2D eigenvalue weighted by molar-refractivity contribution is 4.89. The van der Waals surface area contributed by atoms with E-state index in [1.807, 2.05) is 0 Å². The van der Waals surface area contributed by atoms with Crippen molar-refractivity contribution in [2.45, 2.75) is 45.7 Å². The predicted molar refractivity (Wildman–Crippen MR) is 63.6 cm³/mol. The van der Waals surface area contributed by atoms with Gasteiger partial charge in [0.1, 0.15) is 0 Å². The molecule has 2 rings (SSSR count). The minimum Gasteiger partial charge on any atom is -0.355 e. The fourth-order valence-electron chi connectivity index (χ4n) is 2.85. The van der Waals surface area contributed by atoms with Crippen molar-refractivity contribution in [3.63, 3.8) is 0 Å². The molecular formula is C13H24O4. The van der Waals surface area contributed by atoms with E-state index in [2.05, 4.69) is 13.8 Å². The standard InChI is InChI=1S/C13H24O4/c1-12(8-16-10(12)14-3)6-5-7-13(2)9-17-11(13)15-4/h10-11H,5-9H2,1-4H3. The van der Waals surface area contributed by atoms with Gasteiger partial charge in [0, 0.05) is 25.0 Å². The second-order valence-electron chi connectivity index (χ2n) is 5.92. The first-order chi connectivity index (χ1) is 8.04. The van der Waals surface area contributed by atoms with Crippen molar-refractivity contribution < 1.29 is 18.9 Å². The lowest BCUT2D eigenvalue weighted by Crippen LogP contribution is -2.52. The van der Waals surface area contributed by atoms with E-state index in [9.17, 15) is 0 Å². The van der Waals surface area contributed by atoms with Crippen LogP contribution in [0.25, 0.3) is 0 Å². The SMILES string of the molecule is COC1OCC1(C)CCCC1(C)COC1OC. The van der Waals surface area contributed by atoms with E-state index in [-0.39, 0.29) is 23.4 Å². The van der Waals surface area contributed by atoms with Gasteiger partial charge in [-0.3, -0.25) is 0 Å². The van der Waals surface area contributed by atoms with Crippen molar-refractivity contribution in [3.8, 4) is 0 Å². The summed E-state index contributed by atoms with van der Waals surface area (Å²) in [4.78, 5) is 0. The summed E-state index contributed by atoms with van der Waals surface area (Å²) in [5.74, 6) is 0. The normalized spacial score (nSPS) is 45.2. The molecule has 0 spiro atoms. The molecular weight excluding hydrogens is 220 g/mol. The Kier molecular flexibility index (Phi) is 3.78. The molecule has 0 amide bonds. The van der Waals surface area contributed by atoms with E-state index in [0.29, 0.717) is 0 Å². The molecule has 4 nitrogen and oxygen atoms in total. The lowest BCUT2D eigenvalue weighted by atomic mass is 9.76. The Labute approximate surface area is 104 Å². The molecule has 100 valence electrons. The van der Waals surface area contributed by atoms with Crippen molar-refractivity contribution in [1.82, 2.24) is 0 Å². The zero-order chi connectivity index (χ0) is 12.5. The quantitative estimate of drug-likeness (QED) is 0.717. The Hall–Kier alpha value is -0.160. The highest BCUT2D eigenvalue weighted by Crippen LogP contribution is 2.44. The highest BCUT2D eigenvalue weighted by atomic mass is 16.7. The molecule has 0 bridgehead atoms. The molecule has 4 atom stereocenters. The zero-order valence-electron chi connectivity index (χ0n) is 11.3. The molecule has 0 aromatic carbocycles. The molecule has 0 aliphatic carbocycles. The van der Waals surface area contributed by atoms with Gasteiger partial charge in [-0.1, -0.05) is 20.3 Å². The van der Waals surface area contributed by atoms with Crippen LogP contribution in [0.5, 0.6) is 0 Å². The van der Waals surface area contributed by atoms with E-state index >= 15 is 0 Å². The Balaban J connectivity index is 1.73. The van der Waals surface area contributed by atoms with E-state index in [0.717, 1.165) is 26.1 Å². The summed E-state index contributed by atoms with van der Waals surface area (Å²) < 4.78 is 21.4. The minimum absolute atomic E-state index is 0.0221. The van der Waals surface area contributed by atoms with Crippen LogP contribution in [-0.4, -0.2) is 40.0 Å². The summed E-state index contributed by atoms with van der Waals surface area (Å²) in [6, 6.07) is 0. The summed E-state index contributed by atoms with van der Waals surface area (Å²) in [6.45, 7) is 6.09. The van der Waals surface area contributed by atoms with Gasteiger partial charge in [-0.15, -0.1) is 0 Å². The third-order valence-electron chi connectivity index (χ3n) is 4.19. The van der Waals surface area contributed by atoms with Crippen LogP contribution in [0.3, 0.4) is 0 Å². The van der Waals surface area contributed by atoms with Crippen LogP contribution in [0.4, 0.5) is 0 Å². The van der Waals surface area contributed by atoms with Crippen molar-refractivity contribution in [1.29, 1.82) is 0 Å². The van der Waals surface area contributed by atoms with Crippen molar-refractivity contribution >= 4 is 0 Å². The lowest BCUT2D eigenvalue weighted by molar-refractivity contribution is -0.304. The maximum absolute atomic E-state index is 5.39. The molecule has 0 saturated carbocycles. The van der Waals surface area contributed by atoms with E-state index < -0.39 is 0 Å². The van der Waals surface area contributed by atoms with E-state index in [1.165, 1.54) is 6.42 Å². The van der Waals surface area contributed by atoms with Crippen molar-refractivity contribution in [3.05, 3.63) is 0 Å². The third kappa shape index (κ3) is 2.36. The fourth-order valence-corrected chi connectivity index (χ4v) is 2.85. The van der Waals surface area contributed by atoms with Crippen LogP contribution in [0.2, 0.25) is 0 Å². The van der Waals surface area contributed by atoms with E-state index in [4.69, 9.17) is 18.9 Å². The molecule has 0 radical (unpaired) electrons. The molecule has 4 heteroatoms. The largest absolute Gasteiger partial charge is 0.355 e. The summed E-state index contributed by atoms with van der Waals surface area (Å²) in [7, 11) is 3.42. The number of hydrogen-bond donors (Lipinski definition) is 0. The van der Waals surface area contributed by atoms with Crippen LogP contribution in [0.1, 0.15) is 33.1 Å². The van der Waals surface area contributed by atoms with Crippen molar-refractivity contribution in [2.24, 2.45) is 10.8 Å². The zero-order valence-corrected chi connectivity index (χ0v) is 11.3. The Morgan fingerprint density at radius 3 is 1.59 bits per heavy atom. The van der Waals surface area contributed by atoms with Gasteiger partial charge in [0.2, 0.25) is 0 Å². The monoisotopic (exact) mass is 244 g/mol. The fraction of sp³-hybridized carbons (Fsp3) is 1.00. The molecule has 2 saturated heterocycles. The smallest absolute Gasteiger partial charge is 0.164 e. The van der Waals surface area contributed by atoms with Crippen LogP contribution < -0.4 is 0 Å². The maximum atomic E-state index is 5.39. The summed E-state index contributed by atoms with van der Waals surface area (Å²) in [5.41, 5.74) is 0.385. The molecule has 0 aromatic rings. The summed E-state index contributed by atoms with van der Waals surface area (Å²) >= 11 is 0. The van der Waals surface area contributed by atoms with Gasteiger partial charge in [0.15, 0.2) is 12.6 Å². The molecule has 4 unspecified atom stereocenters. The number of methoxy groups -OCH3 is 2. The van der Waals surface area contributed by atoms with E-state index in [1.54, 1.807) is 14.2 Å². The van der Waals surface area contributed by atoms with Gasteiger partial charge in [0.05, 0.1) is 13.2 Å². The number of ether oxygens (including phenoxy) is 4. The van der Waals surface area contributed by atoms with Gasteiger partial charge >= 0.3 is 0 Å². The number of rotatable bonds is 6. The third-order valence-corrected chi connectivity index (χ3v) is 4.19. The molecule has 2 fully saturated rings. The summed E-state index contributed by atoms with van der Waals surface area (Å²) in [6.07, 6.45) is 3.39. The first kappa shape index (κ1) is 13.3. The van der Waals surface area contributed by atoms with Crippen molar-refractivity contribution in [2.75, 3.05) is 27.4 Å². The van der Waals surface area contributed by atoms with Gasteiger partial charge in [-0.25, -0.2) is 0 Å². The topological polar surface area (TPSA) is 36.9 Å². The van der Waals surface area contributed by atoms with Gasteiger partial charge in [-0.2, -0.15) is 0 Å². The predicted octanol–water partition coefficient (Wildman–Crippen LogP) is 2.17. The van der Waals surface area contributed by atoms with Crippen LogP contribution in [-0.2, 0) is 18.9 Å². The first-order valence-electron chi connectivity index (χ1n) is 6.33. The van der Waals surface area contributed by atoms with Gasteiger partial charge in [-0.05, 0) is 12.8 Å². The second-order valence-corrected chi connectivity index (χ2v) is 5.92. The van der Waals surface area contributed by atoms with Gasteiger partial charge < -0.3 is 18.9 Å². The average Bonchev–Trinajstić information content (AvgIpc) is 2.27. The molecule has 17 heavy (non-hydrogen) atoms. The lowest BCUT2D eigenvalue weighted by Gasteiger charge is -2.48. The number of hydrogen-bond acceptors (Lipinski definition) is 4. The Bertz CT molecular complexity index is 240. The Morgan fingerprint density at radius 1 is 0.941 bits per heavy atom. The molecule has 2 aliphatic heterocycles. The van der Waals surface area contributed by atoms with Crippen LogP contribution in [0, 0.1) is 10.8 Å². The summed E-state index contributed by atoms with van der Waals surface area (Å²) in [5, 5.41) is 0. The minimum atomic E-state index is -0.0221. The molecule has 0 aromatic heterocycles. The second kappa shape index (κ2) is 4.84. The molecule has 2 aliphatic rings. The molecule has 0 N–H and O–H groups in total. The molecule has 2 heterocycles.